The molecular formula is C12H18N2O2. The van der Waals surface area contributed by atoms with Crippen LogP contribution in [0.4, 0.5) is 0 Å². The summed E-state index contributed by atoms with van der Waals surface area (Å²) in [6.07, 6.45) is 2.35. The van der Waals surface area contributed by atoms with Gasteiger partial charge in [0.1, 0.15) is 0 Å². The van der Waals surface area contributed by atoms with Gasteiger partial charge in [-0.05, 0) is 32.8 Å². The molecule has 4 nitrogen and oxygen atoms in total. The van der Waals surface area contributed by atoms with Gasteiger partial charge in [0.05, 0.1) is 11.7 Å². The van der Waals surface area contributed by atoms with Gasteiger partial charge in [0.15, 0.2) is 0 Å². The van der Waals surface area contributed by atoms with Gasteiger partial charge < -0.3 is 15.0 Å². The third kappa shape index (κ3) is 2.44. The number of H-pyrrole nitrogens is 1. The minimum atomic E-state index is -0.0163. The molecule has 0 aliphatic carbocycles. The van der Waals surface area contributed by atoms with Crippen LogP contribution in [0.15, 0.2) is 6.07 Å². The Balaban J connectivity index is 1.90. The van der Waals surface area contributed by atoms with Gasteiger partial charge in [0.2, 0.25) is 0 Å². The molecule has 1 aliphatic rings. The lowest BCUT2D eigenvalue weighted by atomic mass is 10.2. The number of aromatic nitrogens is 1. The lowest BCUT2D eigenvalue weighted by molar-refractivity contribution is 0.0857. The lowest BCUT2D eigenvalue weighted by Gasteiger charge is -2.10. The summed E-state index contributed by atoms with van der Waals surface area (Å²) >= 11 is 0. The Bertz CT molecular complexity index is 378. The summed E-state index contributed by atoms with van der Waals surface area (Å²) in [6, 6.07) is 1.88. The van der Waals surface area contributed by atoms with Crippen LogP contribution in [0.3, 0.4) is 0 Å². The maximum Gasteiger partial charge on any atom is 0.253 e. The van der Waals surface area contributed by atoms with E-state index in [1.807, 2.05) is 19.9 Å². The first-order valence-electron chi connectivity index (χ1n) is 5.73. The fraction of sp³-hybridized carbons (Fsp3) is 0.583. The van der Waals surface area contributed by atoms with Gasteiger partial charge in [0.25, 0.3) is 5.91 Å². The van der Waals surface area contributed by atoms with Crippen molar-refractivity contribution in [1.29, 1.82) is 0 Å². The fourth-order valence-corrected chi connectivity index (χ4v) is 2.07. The van der Waals surface area contributed by atoms with Gasteiger partial charge in [0, 0.05) is 24.5 Å². The Kier molecular flexibility index (Phi) is 3.29. The number of aromatic amines is 1. The highest BCUT2D eigenvalue weighted by atomic mass is 16.5. The molecule has 1 saturated heterocycles. The molecule has 88 valence electrons. The predicted molar refractivity (Wildman–Crippen MR) is 61.6 cm³/mol. The van der Waals surface area contributed by atoms with E-state index in [9.17, 15) is 4.79 Å². The molecule has 4 heteroatoms. The fourth-order valence-electron chi connectivity index (χ4n) is 2.07. The molecule has 16 heavy (non-hydrogen) atoms. The zero-order valence-corrected chi connectivity index (χ0v) is 9.80. The summed E-state index contributed by atoms with van der Waals surface area (Å²) < 4.78 is 5.45. The van der Waals surface area contributed by atoms with E-state index in [0.29, 0.717) is 6.54 Å². The zero-order chi connectivity index (χ0) is 11.5. The second kappa shape index (κ2) is 4.70. The quantitative estimate of drug-likeness (QED) is 0.815. The lowest BCUT2D eigenvalue weighted by Crippen LogP contribution is -2.31. The SMILES string of the molecule is Cc1cc(C(=O)NCC2CCCO2)c(C)[nH]1. The maximum absolute atomic E-state index is 11.8. The summed E-state index contributed by atoms with van der Waals surface area (Å²) in [5, 5.41) is 2.91. The molecule has 1 aromatic heterocycles. The molecule has 0 spiro atoms. The number of aryl methyl sites for hydroxylation is 2. The number of rotatable bonds is 3. The number of carbonyl (C=O) groups is 1. The van der Waals surface area contributed by atoms with Crippen molar-refractivity contribution in [2.75, 3.05) is 13.2 Å². The van der Waals surface area contributed by atoms with E-state index in [0.717, 1.165) is 36.4 Å². The first kappa shape index (κ1) is 11.2. The van der Waals surface area contributed by atoms with Crippen molar-refractivity contribution in [2.24, 2.45) is 0 Å². The molecule has 1 aromatic rings. The van der Waals surface area contributed by atoms with E-state index in [1.54, 1.807) is 0 Å². The Morgan fingerprint density at radius 2 is 2.44 bits per heavy atom. The molecule has 2 heterocycles. The second-order valence-electron chi connectivity index (χ2n) is 4.34. The summed E-state index contributed by atoms with van der Waals surface area (Å²) in [5.74, 6) is -0.0163. The average molecular weight is 222 g/mol. The number of carbonyl (C=O) groups excluding carboxylic acids is 1. The van der Waals surface area contributed by atoms with E-state index >= 15 is 0 Å². The molecule has 1 atom stereocenters. The predicted octanol–water partition coefficient (Wildman–Crippen LogP) is 1.54. The molecule has 2 N–H and O–H groups in total. The molecule has 0 bridgehead atoms. The third-order valence-electron chi connectivity index (χ3n) is 2.91. The van der Waals surface area contributed by atoms with Crippen molar-refractivity contribution in [3.63, 3.8) is 0 Å². The molecule has 0 radical (unpaired) electrons. The summed E-state index contributed by atoms with van der Waals surface area (Å²) in [7, 11) is 0. The number of ether oxygens (including phenoxy) is 1. The summed E-state index contributed by atoms with van der Waals surface area (Å²) in [5.41, 5.74) is 2.66. The topological polar surface area (TPSA) is 54.1 Å². The van der Waals surface area contributed by atoms with Crippen molar-refractivity contribution in [1.82, 2.24) is 10.3 Å². The standard InChI is InChI=1S/C12H18N2O2/c1-8-6-11(9(2)14-8)12(15)13-7-10-4-3-5-16-10/h6,10,14H,3-5,7H2,1-2H3,(H,13,15). The van der Waals surface area contributed by atoms with E-state index < -0.39 is 0 Å². The van der Waals surface area contributed by atoms with Crippen LogP contribution in [0.25, 0.3) is 0 Å². The van der Waals surface area contributed by atoms with Gasteiger partial charge >= 0.3 is 0 Å². The monoisotopic (exact) mass is 222 g/mol. The Morgan fingerprint density at radius 3 is 3.00 bits per heavy atom. The number of hydrogen-bond donors (Lipinski definition) is 2. The van der Waals surface area contributed by atoms with Crippen molar-refractivity contribution in [3.8, 4) is 0 Å². The van der Waals surface area contributed by atoms with Crippen LogP contribution < -0.4 is 5.32 Å². The Morgan fingerprint density at radius 1 is 1.62 bits per heavy atom. The van der Waals surface area contributed by atoms with Crippen LogP contribution in [0, 0.1) is 13.8 Å². The van der Waals surface area contributed by atoms with E-state index in [4.69, 9.17) is 4.74 Å². The second-order valence-corrected chi connectivity index (χ2v) is 4.34. The molecule has 2 rings (SSSR count). The Labute approximate surface area is 95.4 Å². The Hall–Kier alpha value is -1.29. The van der Waals surface area contributed by atoms with Crippen LogP contribution >= 0.6 is 0 Å². The van der Waals surface area contributed by atoms with Crippen LogP contribution in [0.1, 0.15) is 34.6 Å². The minimum Gasteiger partial charge on any atom is -0.376 e. The molecule has 0 aromatic carbocycles. The van der Waals surface area contributed by atoms with Gasteiger partial charge in [-0.3, -0.25) is 4.79 Å². The molecule has 1 unspecified atom stereocenters. The highest BCUT2D eigenvalue weighted by molar-refractivity contribution is 5.95. The van der Waals surface area contributed by atoms with Crippen molar-refractivity contribution in [2.45, 2.75) is 32.8 Å². The van der Waals surface area contributed by atoms with Crippen molar-refractivity contribution < 1.29 is 9.53 Å². The molecule has 1 fully saturated rings. The molecular weight excluding hydrogens is 204 g/mol. The van der Waals surface area contributed by atoms with E-state index in [2.05, 4.69) is 10.3 Å². The van der Waals surface area contributed by atoms with Crippen LogP contribution in [-0.4, -0.2) is 30.1 Å². The highest BCUT2D eigenvalue weighted by Crippen LogP contribution is 2.12. The first-order valence-corrected chi connectivity index (χ1v) is 5.73. The van der Waals surface area contributed by atoms with Gasteiger partial charge in [-0.25, -0.2) is 0 Å². The van der Waals surface area contributed by atoms with Crippen molar-refractivity contribution in [3.05, 3.63) is 23.0 Å². The number of hydrogen-bond acceptors (Lipinski definition) is 2. The zero-order valence-electron chi connectivity index (χ0n) is 9.80. The van der Waals surface area contributed by atoms with Crippen molar-refractivity contribution >= 4 is 5.91 Å². The summed E-state index contributed by atoms with van der Waals surface area (Å²) in [6.45, 7) is 5.29. The average Bonchev–Trinajstić information content (AvgIpc) is 2.84. The van der Waals surface area contributed by atoms with Crippen LogP contribution in [0.2, 0.25) is 0 Å². The summed E-state index contributed by atoms with van der Waals surface area (Å²) in [4.78, 5) is 15.0. The van der Waals surface area contributed by atoms with Crippen LogP contribution in [-0.2, 0) is 4.74 Å². The maximum atomic E-state index is 11.8. The molecule has 1 amide bonds. The molecule has 0 saturated carbocycles. The van der Waals surface area contributed by atoms with Crippen LogP contribution in [0.5, 0.6) is 0 Å². The van der Waals surface area contributed by atoms with Gasteiger partial charge in [-0.1, -0.05) is 0 Å². The number of nitrogens with one attached hydrogen (secondary N) is 2. The van der Waals surface area contributed by atoms with Gasteiger partial charge in [-0.2, -0.15) is 0 Å². The molecule has 1 aliphatic heterocycles. The van der Waals surface area contributed by atoms with E-state index in [-0.39, 0.29) is 12.0 Å². The normalized spacial score (nSPS) is 20.0. The third-order valence-corrected chi connectivity index (χ3v) is 2.91. The highest BCUT2D eigenvalue weighted by Gasteiger charge is 2.17. The smallest absolute Gasteiger partial charge is 0.253 e. The number of amides is 1. The largest absolute Gasteiger partial charge is 0.376 e. The first-order chi connectivity index (χ1) is 7.66. The minimum absolute atomic E-state index is 0.0163. The van der Waals surface area contributed by atoms with Gasteiger partial charge in [-0.15, -0.1) is 0 Å². The van der Waals surface area contributed by atoms with E-state index in [1.165, 1.54) is 0 Å².